The summed E-state index contributed by atoms with van der Waals surface area (Å²) in [5.41, 5.74) is 0. The van der Waals surface area contributed by atoms with Crippen molar-refractivity contribution in [3.63, 3.8) is 0 Å². The Labute approximate surface area is 66.0 Å². The maximum Gasteiger partial charge on any atom is 0.309 e. The van der Waals surface area contributed by atoms with Crippen molar-refractivity contribution in [3.05, 3.63) is 0 Å². The maximum absolute atomic E-state index is 10.6. The minimum atomic E-state index is -0.848. The number of aliphatic hydroxyl groups excluding tert-OH is 1. The van der Waals surface area contributed by atoms with E-state index in [1.165, 1.54) is 0 Å². The first-order chi connectivity index (χ1) is 5.25. The molecule has 0 aliphatic heterocycles. The zero-order valence-electron chi connectivity index (χ0n) is 6.49. The zero-order chi connectivity index (χ0) is 8.27. The third-order valence-corrected chi connectivity index (χ3v) is 2.48. The van der Waals surface area contributed by atoms with Crippen molar-refractivity contribution < 1.29 is 15.0 Å². The van der Waals surface area contributed by atoms with Crippen molar-refractivity contribution in [1.29, 1.82) is 0 Å². The van der Waals surface area contributed by atoms with E-state index < -0.39 is 11.9 Å². The predicted molar refractivity (Wildman–Crippen MR) is 40.2 cm³/mol. The molecular formula is C8H14O3. The molecule has 0 aromatic heterocycles. The second kappa shape index (κ2) is 3.72. The van der Waals surface area contributed by atoms with E-state index >= 15 is 0 Å². The van der Waals surface area contributed by atoms with E-state index in [1.807, 2.05) is 0 Å². The molecular weight excluding hydrogens is 144 g/mol. The number of rotatable bonds is 3. The Morgan fingerprint density at radius 2 is 2.00 bits per heavy atom. The van der Waals surface area contributed by atoms with Gasteiger partial charge in [-0.3, -0.25) is 4.79 Å². The smallest absolute Gasteiger partial charge is 0.309 e. The average molecular weight is 158 g/mol. The molecule has 64 valence electrons. The summed E-state index contributed by atoms with van der Waals surface area (Å²) in [6.45, 7) is -0.208. The van der Waals surface area contributed by atoms with Crippen molar-refractivity contribution in [2.24, 2.45) is 11.8 Å². The van der Waals surface area contributed by atoms with Crippen LogP contribution in [0.15, 0.2) is 0 Å². The van der Waals surface area contributed by atoms with Crippen molar-refractivity contribution >= 4 is 5.97 Å². The van der Waals surface area contributed by atoms with Crippen LogP contribution in [0.25, 0.3) is 0 Å². The molecule has 1 atom stereocenters. The Hall–Kier alpha value is -0.570. The Bertz CT molecular complexity index is 138. The van der Waals surface area contributed by atoms with Gasteiger partial charge in [-0.2, -0.15) is 0 Å². The van der Waals surface area contributed by atoms with Gasteiger partial charge in [-0.1, -0.05) is 12.8 Å². The SMILES string of the molecule is O=C(O)[C@H](CO)C1CCCC1. The quantitative estimate of drug-likeness (QED) is 0.640. The molecule has 0 aromatic carbocycles. The van der Waals surface area contributed by atoms with Gasteiger partial charge in [0.05, 0.1) is 12.5 Å². The summed E-state index contributed by atoms with van der Waals surface area (Å²) in [7, 11) is 0. The lowest BCUT2D eigenvalue weighted by atomic mass is 9.92. The lowest BCUT2D eigenvalue weighted by Gasteiger charge is -2.15. The lowest BCUT2D eigenvalue weighted by Crippen LogP contribution is -2.25. The van der Waals surface area contributed by atoms with Crippen LogP contribution in [0, 0.1) is 11.8 Å². The molecule has 0 spiro atoms. The zero-order valence-corrected chi connectivity index (χ0v) is 6.49. The van der Waals surface area contributed by atoms with E-state index in [-0.39, 0.29) is 12.5 Å². The molecule has 2 N–H and O–H groups in total. The van der Waals surface area contributed by atoms with Crippen molar-refractivity contribution in [2.75, 3.05) is 6.61 Å². The second-order valence-corrected chi connectivity index (χ2v) is 3.17. The van der Waals surface area contributed by atoms with E-state index in [9.17, 15) is 4.79 Å². The molecule has 1 saturated carbocycles. The largest absolute Gasteiger partial charge is 0.481 e. The van der Waals surface area contributed by atoms with Crippen LogP contribution < -0.4 is 0 Å². The third kappa shape index (κ3) is 1.93. The first-order valence-electron chi connectivity index (χ1n) is 4.09. The maximum atomic E-state index is 10.6. The molecule has 0 radical (unpaired) electrons. The van der Waals surface area contributed by atoms with Gasteiger partial charge in [-0.15, -0.1) is 0 Å². The Morgan fingerprint density at radius 1 is 1.45 bits per heavy atom. The fourth-order valence-corrected chi connectivity index (χ4v) is 1.79. The Kier molecular flexibility index (Phi) is 2.88. The summed E-state index contributed by atoms with van der Waals surface area (Å²) < 4.78 is 0. The van der Waals surface area contributed by atoms with E-state index in [2.05, 4.69) is 0 Å². The molecule has 0 aromatic rings. The highest BCUT2D eigenvalue weighted by molar-refractivity contribution is 5.70. The lowest BCUT2D eigenvalue weighted by molar-refractivity contribution is -0.145. The topological polar surface area (TPSA) is 57.5 Å². The highest BCUT2D eigenvalue weighted by Gasteiger charge is 2.29. The van der Waals surface area contributed by atoms with Crippen LogP contribution in [0.1, 0.15) is 25.7 Å². The van der Waals surface area contributed by atoms with E-state index in [4.69, 9.17) is 10.2 Å². The summed E-state index contributed by atoms with van der Waals surface area (Å²) in [6.07, 6.45) is 4.18. The fourth-order valence-electron chi connectivity index (χ4n) is 1.79. The van der Waals surface area contributed by atoms with Gasteiger partial charge in [0.15, 0.2) is 0 Å². The number of aliphatic hydroxyl groups is 1. The fraction of sp³-hybridized carbons (Fsp3) is 0.875. The highest BCUT2D eigenvalue weighted by Crippen LogP contribution is 2.31. The first kappa shape index (κ1) is 8.53. The number of carboxylic acids is 1. The van der Waals surface area contributed by atoms with Crippen LogP contribution in [0.2, 0.25) is 0 Å². The minimum absolute atomic E-state index is 0.208. The van der Waals surface area contributed by atoms with Gasteiger partial charge in [0.1, 0.15) is 0 Å². The number of carboxylic acid groups (broad SMARTS) is 1. The normalized spacial score (nSPS) is 21.9. The number of carbonyl (C=O) groups is 1. The molecule has 3 heteroatoms. The van der Waals surface area contributed by atoms with Gasteiger partial charge in [0.25, 0.3) is 0 Å². The molecule has 1 aliphatic carbocycles. The van der Waals surface area contributed by atoms with Crippen LogP contribution in [0.3, 0.4) is 0 Å². The second-order valence-electron chi connectivity index (χ2n) is 3.17. The summed E-state index contributed by atoms with van der Waals surface area (Å²) in [5.74, 6) is -1.14. The summed E-state index contributed by atoms with van der Waals surface area (Å²) in [5, 5.41) is 17.4. The molecule has 0 amide bonds. The highest BCUT2D eigenvalue weighted by atomic mass is 16.4. The molecule has 0 saturated heterocycles. The molecule has 0 bridgehead atoms. The molecule has 1 fully saturated rings. The van der Waals surface area contributed by atoms with Gasteiger partial charge >= 0.3 is 5.97 Å². The van der Waals surface area contributed by atoms with Gasteiger partial charge in [0.2, 0.25) is 0 Å². The van der Waals surface area contributed by atoms with Crippen LogP contribution in [-0.2, 0) is 4.79 Å². The standard InChI is InChI=1S/C8H14O3/c9-5-7(8(10)11)6-3-1-2-4-6/h6-7,9H,1-5H2,(H,10,11)/t7-/m1/s1. The molecule has 1 aliphatic rings. The Morgan fingerprint density at radius 3 is 2.36 bits per heavy atom. The molecule has 3 nitrogen and oxygen atoms in total. The van der Waals surface area contributed by atoms with Crippen LogP contribution >= 0.6 is 0 Å². The van der Waals surface area contributed by atoms with Crippen molar-refractivity contribution in [3.8, 4) is 0 Å². The van der Waals surface area contributed by atoms with E-state index in [0.29, 0.717) is 0 Å². The van der Waals surface area contributed by atoms with Gasteiger partial charge < -0.3 is 10.2 Å². The predicted octanol–water partition coefficient (Wildman–Crippen LogP) is 0.870. The molecule has 1 rings (SSSR count). The third-order valence-electron chi connectivity index (χ3n) is 2.48. The summed E-state index contributed by atoms with van der Waals surface area (Å²) >= 11 is 0. The van der Waals surface area contributed by atoms with Gasteiger partial charge in [0, 0.05) is 0 Å². The molecule has 0 unspecified atom stereocenters. The number of hydrogen-bond acceptors (Lipinski definition) is 2. The minimum Gasteiger partial charge on any atom is -0.481 e. The summed E-state index contributed by atoms with van der Waals surface area (Å²) in [4.78, 5) is 10.6. The average Bonchev–Trinajstić information content (AvgIpc) is 2.40. The van der Waals surface area contributed by atoms with Crippen LogP contribution in [0.5, 0.6) is 0 Å². The molecule has 0 heterocycles. The van der Waals surface area contributed by atoms with Crippen LogP contribution in [0.4, 0.5) is 0 Å². The van der Waals surface area contributed by atoms with E-state index in [0.717, 1.165) is 25.7 Å². The van der Waals surface area contributed by atoms with Gasteiger partial charge in [-0.25, -0.2) is 0 Å². The monoisotopic (exact) mass is 158 g/mol. The molecule has 11 heavy (non-hydrogen) atoms. The van der Waals surface area contributed by atoms with Crippen LogP contribution in [-0.4, -0.2) is 22.8 Å². The Balaban J connectivity index is 2.46. The van der Waals surface area contributed by atoms with Crippen molar-refractivity contribution in [2.45, 2.75) is 25.7 Å². The number of hydrogen-bond donors (Lipinski definition) is 2. The van der Waals surface area contributed by atoms with Gasteiger partial charge in [-0.05, 0) is 18.8 Å². The first-order valence-corrected chi connectivity index (χ1v) is 4.09. The summed E-state index contributed by atoms with van der Waals surface area (Å²) in [6, 6.07) is 0. The van der Waals surface area contributed by atoms with E-state index in [1.54, 1.807) is 0 Å². The number of aliphatic carboxylic acids is 1. The van der Waals surface area contributed by atoms with Crippen molar-refractivity contribution in [1.82, 2.24) is 0 Å².